The van der Waals surface area contributed by atoms with Gasteiger partial charge in [0.05, 0.1) is 16.9 Å². The molecule has 0 saturated carbocycles. The second-order valence-corrected chi connectivity index (χ2v) is 8.22. The van der Waals surface area contributed by atoms with Gasteiger partial charge in [0, 0.05) is 24.6 Å². The monoisotopic (exact) mass is 387 g/mol. The SMILES string of the molecule is CN1C(=O)Cc2cc(C(=O)COC(=O)c3ccccc3S(C)(=O)=O)ccc21. The molecule has 8 heteroatoms. The van der Waals surface area contributed by atoms with Crippen LogP contribution >= 0.6 is 0 Å². The largest absolute Gasteiger partial charge is 0.454 e. The van der Waals surface area contributed by atoms with Crippen LogP contribution in [0, 0.1) is 0 Å². The first-order valence-corrected chi connectivity index (χ1v) is 9.96. The number of ether oxygens (including phenoxy) is 1. The van der Waals surface area contributed by atoms with E-state index in [0.717, 1.165) is 17.5 Å². The summed E-state index contributed by atoms with van der Waals surface area (Å²) in [6.07, 6.45) is 1.21. The first-order chi connectivity index (χ1) is 12.7. The van der Waals surface area contributed by atoms with Crippen molar-refractivity contribution in [3.8, 4) is 0 Å². The lowest BCUT2D eigenvalue weighted by Gasteiger charge is -2.11. The summed E-state index contributed by atoms with van der Waals surface area (Å²) in [5.41, 5.74) is 1.69. The zero-order valence-corrected chi connectivity index (χ0v) is 15.6. The number of esters is 1. The van der Waals surface area contributed by atoms with Gasteiger partial charge in [0.2, 0.25) is 5.91 Å². The minimum absolute atomic E-state index is 0.0570. The molecule has 0 unspecified atom stereocenters. The molecule has 27 heavy (non-hydrogen) atoms. The second kappa shape index (κ2) is 6.96. The summed E-state index contributed by atoms with van der Waals surface area (Å²) in [4.78, 5) is 37.6. The Kier molecular flexibility index (Phi) is 4.84. The highest BCUT2D eigenvalue weighted by Crippen LogP contribution is 2.28. The predicted octanol–water partition coefficient (Wildman–Crippen LogP) is 1.65. The maximum atomic E-state index is 12.3. The van der Waals surface area contributed by atoms with Crippen LogP contribution in [0.1, 0.15) is 26.3 Å². The van der Waals surface area contributed by atoms with Crippen LogP contribution in [0.25, 0.3) is 0 Å². The van der Waals surface area contributed by atoms with Gasteiger partial charge in [0.25, 0.3) is 0 Å². The van der Waals surface area contributed by atoms with E-state index < -0.39 is 28.2 Å². The number of hydrogen-bond acceptors (Lipinski definition) is 6. The molecular formula is C19H17NO6S. The fraction of sp³-hybridized carbons (Fsp3) is 0.211. The summed E-state index contributed by atoms with van der Waals surface area (Å²) in [7, 11) is -1.95. The molecule has 0 atom stereocenters. The van der Waals surface area contributed by atoms with Crippen molar-refractivity contribution in [2.45, 2.75) is 11.3 Å². The molecule has 7 nitrogen and oxygen atoms in total. The standard InChI is InChI=1S/C19H17NO6S/c1-20-15-8-7-12(9-13(15)10-18(20)22)16(21)11-26-19(23)14-5-3-4-6-17(14)27(2,24)25/h3-9H,10-11H2,1-2H3. The zero-order chi connectivity index (χ0) is 19.8. The fourth-order valence-electron chi connectivity index (χ4n) is 2.89. The summed E-state index contributed by atoms with van der Waals surface area (Å²) in [5, 5.41) is 0. The Morgan fingerprint density at radius 2 is 1.85 bits per heavy atom. The van der Waals surface area contributed by atoms with Gasteiger partial charge in [0.1, 0.15) is 0 Å². The lowest BCUT2D eigenvalue weighted by atomic mass is 10.1. The Hall–Kier alpha value is -3.00. The second-order valence-electron chi connectivity index (χ2n) is 6.24. The third-order valence-electron chi connectivity index (χ3n) is 4.32. The summed E-state index contributed by atoms with van der Waals surface area (Å²) in [5.74, 6) is -1.39. The number of carbonyl (C=O) groups excluding carboxylic acids is 3. The number of rotatable bonds is 5. The molecule has 0 aromatic heterocycles. The number of amides is 1. The fourth-order valence-corrected chi connectivity index (χ4v) is 3.77. The summed E-state index contributed by atoms with van der Waals surface area (Å²) in [6.45, 7) is -0.528. The smallest absolute Gasteiger partial charge is 0.339 e. The Morgan fingerprint density at radius 1 is 1.15 bits per heavy atom. The highest BCUT2D eigenvalue weighted by molar-refractivity contribution is 7.90. The van der Waals surface area contributed by atoms with Gasteiger partial charge >= 0.3 is 5.97 Å². The van der Waals surface area contributed by atoms with Gasteiger partial charge < -0.3 is 9.64 Å². The maximum absolute atomic E-state index is 12.3. The van der Waals surface area contributed by atoms with Crippen LogP contribution < -0.4 is 4.90 Å². The molecule has 1 amide bonds. The van der Waals surface area contributed by atoms with Crippen LogP contribution in [-0.2, 0) is 25.8 Å². The van der Waals surface area contributed by atoms with E-state index >= 15 is 0 Å². The lowest BCUT2D eigenvalue weighted by molar-refractivity contribution is -0.117. The zero-order valence-electron chi connectivity index (χ0n) is 14.8. The van der Waals surface area contributed by atoms with E-state index in [1.165, 1.54) is 29.2 Å². The van der Waals surface area contributed by atoms with Crippen molar-refractivity contribution in [1.29, 1.82) is 0 Å². The molecule has 0 aliphatic carbocycles. The molecule has 0 spiro atoms. The van der Waals surface area contributed by atoms with E-state index in [0.29, 0.717) is 5.56 Å². The normalized spacial score (nSPS) is 13.4. The molecule has 0 N–H and O–H groups in total. The van der Waals surface area contributed by atoms with Gasteiger partial charge in [0.15, 0.2) is 22.2 Å². The molecular weight excluding hydrogens is 370 g/mol. The van der Waals surface area contributed by atoms with E-state index in [1.807, 2.05) is 0 Å². The Labute approximate surface area is 156 Å². The van der Waals surface area contributed by atoms with Crippen molar-refractivity contribution >= 4 is 33.2 Å². The minimum Gasteiger partial charge on any atom is -0.454 e. The number of benzene rings is 2. The van der Waals surface area contributed by atoms with Crippen LogP contribution in [0.3, 0.4) is 0 Å². The number of sulfone groups is 1. The Morgan fingerprint density at radius 3 is 2.56 bits per heavy atom. The van der Waals surface area contributed by atoms with Crippen molar-refractivity contribution < 1.29 is 27.5 Å². The highest BCUT2D eigenvalue weighted by atomic mass is 32.2. The van der Waals surface area contributed by atoms with Crippen LogP contribution in [0.4, 0.5) is 5.69 Å². The summed E-state index contributed by atoms with van der Waals surface area (Å²) < 4.78 is 28.6. The topological polar surface area (TPSA) is 97.8 Å². The maximum Gasteiger partial charge on any atom is 0.339 e. The number of Topliss-reactive ketones (excluding diaryl/α,β-unsaturated/α-hetero) is 1. The van der Waals surface area contributed by atoms with E-state index in [-0.39, 0.29) is 22.8 Å². The number of ketones is 1. The third kappa shape index (κ3) is 3.75. The summed E-state index contributed by atoms with van der Waals surface area (Å²) in [6, 6.07) is 10.5. The predicted molar refractivity (Wildman–Crippen MR) is 97.7 cm³/mol. The van der Waals surface area contributed by atoms with Crippen LogP contribution in [0.15, 0.2) is 47.4 Å². The van der Waals surface area contributed by atoms with E-state index in [2.05, 4.69) is 0 Å². The highest BCUT2D eigenvalue weighted by Gasteiger charge is 2.25. The molecule has 1 aliphatic heterocycles. The molecule has 1 heterocycles. The van der Waals surface area contributed by atoms with Gasteiger partial charge in [-0.15, -0.1) is 0 Å². The molecule has 0 radical (unpaired) electrons. The average molecular weight is 387 g/mol. The van der Waals surface area contributed by atoms with Gasteiger partial charge in [-0.3, -0.25) is 9.59 Å². The third-order valence-corrected chi connectivity index (χ3v) is 5.47. The molecule has 1 aliphatic rings. The lowest BCUT2D eigenvalue weighted by Crippen LogP contribution is -2.20. The van der Waals surface area contributed by atoms with Crippen molar-refractivity contribution in [2.24, 2.45) is 0 Å². The molecule has 140 valence electrons. The number of likely N-dealkylation sites (N-methyl/N-ethyl adjacent to an activating group) is 1. The number of fused-ring (bicyclic) bond motifs is 1. The van der Waals surface area contributed by atoms with E-state index in [9.17, 15) is 22.8 Å². The Bertz CT molecular complexity index is 1060. The molecule has 2 aromatic rings. The number of anilines is 1. The average Bonchev–Trinajstić information content (AvgIpc) is 2.92. The van der Waals surface area contributed by atoms with Gasteiger partial charge in [-0.2, -0.15) is 0 Å². The Balaban J connectivity index is 1.73. The first-order valence-electron chi connectivity index (χ1n) is 8.07. The van der Waals surface area contributed by atoms with Gasteiger partial charge in [-0.1, -0.05) is 12.1 Å². The number of hydrogen-bond donors (Lipinski definition) is 0. The van der Waals surface area contributed by atoms with Crippen molar-refractivity contribution in [3.05, 3.63) is 59.2 Å². The van der Waals surface area contributed by atoms with Crippen molar-refractivity contribution in [3.63, 3.8) is 0 Å². The first kappa shape index (κ1) is 18.8. The summed E-state index contributed by atoms with van der Waals surface area (Å²) >= 11 is 0. The van der Waals surface area contributed by atoms with Crippen molar-refractivity contribution in [2.75, 3.05) is 24.8 Å². The van der Waals surface area contributed by atoms with Crippen molar-refractivity contribution in [1.82, 2.24) is 0 Å². The van der Waals surface area contributed by atoms with Crippen LogP contribution in [0.5, 0.6) is 0 Å². The van der Waals surface area contributed by atoms with E-state index in [4.69, 9.17) is 4.74 Å². The number of nitrogens with zero attached hydrogens (tertiary/aromatic N) is 1. The number of carbonyl (C=O) groups is 3. The quantitative estimate of drug-likeness (QED) is 0.572. The van der Waals surface area contributed by atoms with E-state index in [1.54, 1.807) is 25.2 Å². The van der Waals surface area contributed by atoms with Gasteiger partial charge in [-0.25, -0.2) is 13.2 Å². The molecule has 0 bridgehead atoms. The molecule has 0 saturated heterocycles. The molecule has 0 fully saturated rings. The van der Waals surface area contributed by atoms with Crippen LogP contribution in [-0.4, -0.2) is 46.0 Å². The molecule has 3 rings (SSSR count). The van der Waals surface area contributed by atoms with Crippen LogP contribution in [0.2, 0.25) is 0 Å². The minimum atomic E-state index is -3.61. The molecule has 2 aromatic carbocycles. The van der Waals surface area contributed by atoms with Gasteiger partial charge in [-0.05, 0) is 35.9 Å².